The molecule has 1 aliphatic heterocycles. The van der Waals surface area contributed by atoms with E-state index in [1.54, 1.807) is 0 Å². The molecule has 3 nitrogen and oxygen atoms in total. The lowest BCUT2D eigenvalue weighted by molar-refractivity contribution is 0.386. The normalized spacial score (nSPS) is 29.6. The van der Waals surface area contributed by atoms with Gasteiger partial charge in [-0.05, 0) is 44.6 Å². The van der Waals surface area contributed by atoms with Crippen LogP contribution in [0.2, 0.25) is 0 Å². The molecule has 17 heavy (non-hydrogen) atoms. The van der Waals surface area contributed by atoms with Crippen LogP contribution in [-0.2, 0) is 0 Å². The van der Waals surface area contributed by atoms with Gasteiger partial charge in [0.1, 0.15) is 5.82 Å². The second-order valence-corrected chi connectivity index (χ2v) is 5.41. The molecular weight excluding hydrogens is 210 g/mol. The van der Waals surface area contributed by atoms with E-state index in [9.17, 15) is 0 Å². The third kappa shape index (κ3) is 2.90. The largest absolute Gasteiger partial charge is 0.402 e. The van der Waals surface area contributed by atoms with Gasteiger partial charge in [0.25, 0.3) is 0 Å². The lowest BCUT2D eigenvalue weighted by atomic mass is 10.0. The number of aliphatic imine (C=N–C) groups is 1. The third-order valence-corrected chi connectivity index (χ3v) is 3.83. The van der Waals surface area contributed by atoms with E-state index in [4.69, 9.17) is 5.73 Å². The zero-order valence-corrected chi connectivity index (χ0v) is 10.9. The molecule has 0 bridgehead atoms. The number of hydrogen-bond donors (Lipinski definition) is 1. The number of nitrogens with zero attached hydrogens (tertiary/aromatic N) is 2. The summed E-state index contributed by atoms with van der Waals surface area (Å²) in [6.07, 6.45) is 6.08. The molecule has 0 aromatic carbocycles. The van der Waals surface area contributed by atoms with E-state index in [0.29, 0.717) is 0 Å². The summed E-state index contributed by atoms with van der Waals surface area (Å²) in [5.41, 5.74) is 7.36. The molecule has 2 N–H and O–H groups in total. The molecule has 0 radical (unpaired) electrons. The highest BCUT2D eigenvalue weighted by molar-refractivity contribution is 5.93. The van der Waals surface area contributed by atoms with Gasteiger partial charge in [-0.25, -0.2) is 4.99 Å². The minimum absolute atomic E-state index is 0.789. The number of rotatable bonds is 3. The summed E-state index contributed by atoms with van der Waals surface area (Å²) in [4.78, 5) is 6.85. The third-order valence-electron chi connectivity index (χ3n) is 3.83. The number of hydrogen-bond acceptors (Lipinski definition) is 3. The standard InChI is InChI=1S/C14H23N3/c1-10(15)7-11(2)16-12(3)17-8-13-5-4-6-14(13)9-17/h7,13-14H,3-6,8-9,15H2,1-2H3. The topological polar surface area (TPSA) is 41.6 Å². The van der Waals surface area contributed by atoms with E-state index in [1.165, 1.54) is 19.3 Å². The summed E-state index contributed by atoms with van der Waals surface area (Å²) in [6.45, 7) is 10.2. The van der Waals surface area contributed by atoms with Crippen LogP contribution < -0.4 is 5.73 Å². The molecule has 1 saturated heterocycles. The highest BCUT2D eigenvalue weighted by atomic mass is 15.2. The molecule has 2 aliphatic rings. The van der Waals surface area contributed by atoms with Gasteiger partial charge in [0.2, 0.25) is 0 Å². The molecule has 2 atom stereocenters. The van der Waals surface area contributed by atoms with E-state index in [0.717, 1.165) is 42.2 Å². The van der Waals surface area contributed by atoms with Crippen molar-refractivity contribution < 1.29 is 0 Å². The Morgan fingerprint density at radius 1 is 1.29 bits per heavy atom. The first-order valence-electron chi connectivity index (χ1n) is 6.49. The molecular formula is C14H23N3. The van der Waals surface area contributed by atoms with Crippen LogP contribution in [0, 0.1) is 11.8 Å². The van der Waals surface area contributed by atoms with Crippen molar-refractivity contribution in [1.29, 1.82) is 0 Å². The highest BCUT2D eigenvalue weighted by Crippen LogP contribution is 2.38. The minimum Gasteiger partial charge on any atom is -0.402 e. The van der Waals surface area contributed by atoms with Crippen LogP contribution >= 0.6 is 0 Å². The molecule has 0 spiro atoms. The zero-order chi connectivity index (χ0) is 12.4. The van der Waals surface area contributed by atoms with Crippen molar-refractivity contribution >= 4 is 5.71 Å². The van der Waals surface area contributed by atoms with E-state index in [-0.39, 0.29) is 0 Å². The average molecular weight is 233 g/mol. The van der Waals surface area contributed by atoms with E-state index in [2.05, 4.69) is 16.5 Å². The number of fused-ring (bicyclic) bond motifs is 1. The maximum Gasteiger partial charge on any atom is 0.121 e. The quantitative estimate of drug-likeness (QED) is 0.761. The lowest BCUT2D eigenvalue weighted by Crippen LogP contribution is -2.20. The predicted octanol–water partition coefficient (Wildman–Crippen LogP) is 2.51. The summed E-state index contributed by atoms with van der Waals surface area (Å²) < 4.78 is 0. The Hall–Kier alpha value is -1.25. The Balaban J connectivity index is 1.96. The first kappa shape index (κ1) is 12.2. The summed E-state index contributed by atoms with van der Waals surface area (Å²) >= 11 is 0. The van der Waals surface area contributed by atoms with Crippen LogP contribution in [0.4, 0.5) is 0 Å². The van der Waals surface area contributed by atoms with Gasteiger partial charge in [0, 0.05) is 24.5 Å². The summed E-state index contributed by atoms with van der Waals surface area (Å²) in [5.74, 6) is 2.66. The Morgan fingerprint density at radius 3 is 2.41 bits per heavy atom. The summed E-state index contributed by atoms with van der Waals surface area (Å²) in [5, 5.41) is 0. The van der Waals surface area contributed by atoms with Crippen molar-refractivity contribution in [1.82, 2.24) is 4.90 Å². The van der Waals surface area contributed by atoms with Crippen LogP contribution in [0.3, 0.4) is 0 Å². The Kier molecular flexibility index (Phi) is 3.55. The van der Waals surface area contributed by atoms with Crippen molar-refractivity contribution in [3.05, 3.63) is 24.2 Å². The monoisotopic (exact) mass is 233 g/mol. The maximum absolute atomic E-state index is 5.63. The fourth-order valence-corrected chi connectivity index (χ4v) is 3.08. The summed E-state index contributed by atoms with van der Waals surface area (Å²) in [7, 11) is 0. The van der Waals surface area contributed by atoms with Crippen molar-refractivity contribution in [3.8, 4) is 0 Å². The van der Waals surface area contributed by atoms with Crippen LogP contribution in [-0.4, -0.2) is 23.7 Å². The fraction of sp³-hybridized carbons (Fsp3) is 0.643. The SMILES string of the molecule is C=C(N=C(C)C=C(C)N)N1CC2CCCC2C1. The predicted molar refractivity (Wildman–Crippen MR) is 72.6 cm³/mol. The summed E-state index contributed by atoms with van der Waals surface area (Å²) in [6, 6.07) is 0. The first-order valence-corrected chi connectivity index (χ1v) is 6.49. The van der Waals surface area contributed by atoms with Gasteiger partial charge >= 0.3 is 0 Å². The van der Waals surface area contributed by atoms with E-state index in [1.807, 2.05) is 19.9 Å². The zero-order valence-electron chi connectivity index (χ0n) is 10.9. The fourth-order valence-electron chi connectivity index (χ4n) is 3.08. The average Bonchev–Trinajstić information content (AvgIpc) is 2.73. The highest BCUT2D eigenvalue weighted by Gasteiger charge is 2.36. The van der Waals surface area contributed by atoms with Crippen molar-refractivity contribution in [2.24, 2.45) is 22.6 Å². The molecule has 1 aliphatic carbocycles. The Morgan fingerprint density at radius 2 is 1.88 bits per heavy atom. The van der Waals surface area contributed by atoms with Gasteiger partial charge in [-0.1, -0.05) is 13.0 Å². The number of allylic oxidation sites excluding steroid dienone is 2. The van der Waals surface area contributed by atoms with Crippen molar-refractivity contribution in [2.75, 3.05) is 13.1 Å². The molecule has 1 saturated carbocycles. The molecule has 94 valence electrons. The minimum atomic E-state index is 0.789. The van der Waals surface area contributed by atoms with Gasteiger partial charge in [-0.2, -0.15) is 0 Å². The Bertz CT molecular complexity index is 352. The molecule has 0 aromatic rings. The maximum atomic E-state index is 5.63. The number of likely N-dealkylation sites (tertiary alicyclic amines) is 1. The second-order valence-electron chi connectivity index (χ2n) is 5.41. The molecule has 0 amide bonds. The Labute approximate surface area is 104 Å². The van der Waals surface area contributed by atoms with Gasteiger partial charge in [-0.15, -0.1) is 0 Å². The van der Waals surface area contributed by atoms with Crippen molar-refractivity contribution in [2.45, 2.75) is 33.1 Å². The van der Waals surface area contributed by atoms with Crippen molar-refractivity contribution in [3.63, 3.8) is 0 Å². The van der Waals surface area contributed by atoms with Crippen LogP contribution in [0.25, 0.3) is 0 Å². The van der Waals surface area contributed by atoms with Gasteiger partial charge in [0.05, 0.1) is 0 Å². The van der Waals surface area contributed by atoms with E-state index >= 15 is 0 Å². The smallest absolute Gasteiger partial charge is 0.121 e. The molecule has 3 heteroatoms. The number of nitrogens with two attached hydrogens (primary N) is 1. The molecule has 2 fully saturated rings. The molecule has 2 unspecified atom stereocenters. The molecule has 0 aromatic heterocycles. The molecule has 1 heterocycles. The van der Waals surface area contributed by atoms with Gasteiger partial charge in [0.15, 0.2) is 0 Å². The van der Waals surface area contributed by atoms with Crippen LogP contribution in [0.5, 0.6) is 0 Å². The van der Waals surface area contributed by atoms with Gasteiger partial charge in [-0.3, -0.25) is 0 Å². The van der Waals surface area contributed by atoms with Crippen LogP contribution in [0.1, 0.15) is 33.1 Å². The first-order chi connectivity index (χ1) is 8.06. The lowest BCUT2D eigenvalue weighted by Gasteiger charge is -2.18. The van der Waals surface area contributed by atoms with E-state index < -0.39 is 0 Å². The van der Waals surface area contributed by atoms with Crippen LogP contribution in [0.15, 0.2) is 29.2 Å². The van der Waals surface area contributed by atoms with Gasteiger partial charge < -0.3 is 10.6 Å². The second kappa shape index (κ2) is 4.94. The molecule has 2 rings (SSSR count).